The Balaban J connectivity index is 2.23. The number of hydrogen-bond donors (Lipinski definition) is 2. The normalized spacial score (nSPS) is 23.7. The third-order valence-electron chi connectivity index (χ3n) is 3.45. The highest BCUT2D eigenvalue weighted by atomic mass is 35.5. The first-order valence-electron chi connectivity index (χ1n) is 6.11. The summed E-state index contributed by atoms with van der Waals surface area (Å²) in [6.07, 6.45) is 2.63. The molecule has 1 aromatic rings. The first kappa shape index (κ1) is 14.7. The van der Waals surface area contributed by atoms with Gasteiger partial charge in [-0.1, -0.05) is 18.0 Å². The highest BCUT2D eigenvalue weighted by Crippen LogP contribution is 2.28. The molecule has 7 heteroatoms. The second-order valence-electron chi connectivity index (χ2n) is 4.73. The smallest absolute Gasteiger partial charge is 0.242 e. The van der Waals surface area contributed by atoms with E-state index in [1.165, 1.54) is 6.07 Å². The van der Waals surface area contributed by atoms with E-state index in [1.54, 1.807) is 0 Å². The standard InChI is InChI=1S/C12H16ClFN2O2S/c13-10-6-9(14)4-5-12(10)19(17,18)16-11-3-1-2-8(11)7-15/h4-6,8,11,16H,1-3,7,15H2. The molecule has 1 aliphatic rings. The molecule has 1 saturated carbocycles. The summed E-state index contributed by atoms with van der Waals surface area (Å²) in [5, 5.41) is -0.116. The maximum Gasteiger partial charge on any atom is 0.242 e. The summed E-state index contributed by atoms with van der Waals surface area (Å²) in [5.74, 6) is -0.418. The maximum atomic E-state index is 12.9. The monoisotopic (exact) mass is 306 g/mol. The van der Waals surface area contributed by atoms with E-state index in [9.17, 15) is 12.8 Å². The first-order chi connectivity index (χ1) is 8.94. The average Bonchev–Trinajstić information content (AvgIpc) is 2.74. The van der Waals surface area contributed by atoms with Gasteiger partial charge in [0.2, 0.25) is 10.0 Å². The van der Waals surface area contributed by atoms with E-state index in [-0.39, 0.29) is 21.9 Å². The van der Waals surface area contributed by atoms with Gasteiger partial charge in [-0.15, -0.1) is 0 Å². The molecule has 0 bridgehead atoms. The summed E-state index contributed by atoms with van der Waals surface area (Å²) in [7, 11) is -3.74. The molecule has 1 aliphatic carbocycles. The summed E-state index contributed by atoms with van der Waals surface area (Å²) in [6, 6.07) is 3.07. The Kier molecular flexibility index (Phi) is 4.45. The van der Waals surface area contributed by atoms with Gasteiger partial charge in [0.25, 0.3) is 0 Å². The Hall–Kier alpha value is -0.690. The van der Waals surface area contributed by atoms with Crippen molar-refractivity contribution in [2.24, 2.45) is 11.7 Å². The fourth-order valence-corrected chi connectivity index (χ4v) is 4.30. The van der Waals surface area contributed by atoms with Crippen LogP contribution in [0, 0.1) is 11.7 Å². The minimum absolute atomic E-state index is 0.0989. The molecule has 2 atom stereocenters. The number of halogens is 2. The highest BCUT2D eigenvalue weighted by Gasteiger charge is 2.31. The third kappa shape index (κ3) is 3.25. The molecule has 0 heterocycles. The van der Waals surface area contributed by atoms with Gasteiger partial charge in [-0.2, -0.15) is 0 Å². The zero-order valence-electron chi connectivity index (χ0n) is 10.3. The number of rotatable bonds is 4. The van der Waals surface area contributed by atoms with Crippen LogP contribution in [-0.2, 0) is 10.0 Å². The van der Waals surface area contributed by atoms with Crippen LogP contribution in [0.2, 0.25) is 5.02 Å². The zero-order valence-corrected chi connectivity index (χ0v) is 11.8. The lowest BCUT2D eigenvalue weighted by atomic mass is 10.1. The summed E-state index contributed by atoms with van der Waals surface area (Å²) >= 11 is 5.79. The first-order valence-corrected chi connectivity index (χ1v) is 7.97. The zero-order chi connectivity index (χ0) is 14.0. The van der Waals surface area contributed by atoms with E-state index in [1.807, 2.05) is 0 Å². The van der Waals surface area contributed by atoms with Gasteiger partial charge in [-0.3, -0.25) is 0 Å². The predicted molar refractivity (Wildman–Crippen MR) is 71.9 cm³/mol. The lowest BCUT2D eigenvalue weighted by Crippen LogP contribution is -2.39. The Morgan fingerprint density at radius 1 is 1.42 bits per heavy atom. The van der Waals surface area contributed by atoms with Crippen molar-refractivity contribution in [3.8, 4) is 0 Å². The second kappa shape index (κ2) is 5.75. The third-order valence-corrected chi connectivity index (χ3v) is 5.42. The van der Waals surface area contributed by atoms with E-state index >= 15 is 0 Å². The van der Waals surface area contributed by atoms with Gasteiger partial charge in [0.05, 0.1) is 5.02 Å². The summed E-state index contributed by atoms with van der Waals surface area (Å²) < 4.78 is 40.0. The average molecular weight is 307 g/mol. The van der Waals surface area contributed by atoms with Crippen molar-refractivity contribution in [3.05, 3.63) is 29.0 Å². The quantitative estimate of drug-likeness (QED) is 0.892. The van der Waals surface area contributed by atoms with Gasteiger partial charge in [0.15, 0.2) is 0 Å². The molecule has 0 aliphatic heterocycles. The van der Waals surface area contributed by atoms with Crippen LogP contribution >= 0.6 is 11.6 Å². The molecular formula is C12H16ClFN2O2S. The van der Waals surface area contributed by atoms with E-state index < -0.39 is 15.8 Å². The molecule has 0 radical (unpaired) electrons. The molecule has 1 aromatic carbocycles. The lowest BCUT2D eigenvalue weighted by molar-refractivity contribution is 0.453. The second-order valence-corrected chi connectivity index (χ2v) is 6.82. The Bertz CT molecular complexity index is 565. The van der Waals surface area contributed by atoms with Crippen LogP contribution in [0.1, 0.15) is 19.3 Å². The van der Waals surface area contributed by atoms with Crippen LogP contribution < -0.4 is 10.5 Å². The van der Waals surface area contributed by atoms with Crippen LogP contribution in [0.15, 0.2) is 23.1 Å². The van der Waals surface area contributed by atoms with Gasteiger partial charge in [0.1, 0.15) is 10.7 Å². The summed E-state index contributed by atoms with van der Waals surface area (Å²) in [5.41, 5.74) is 5.62. The van der Waals surface area contributed by atoms with Crippen LogP contribution in [0.5, 0.6) is 0 Å². The van der Waals surface area contributed by atoms with Crippen molar-refractivity contribution < 1.29 is 12.8 Å². The number of sulfonamides is 1. The Morgan fingerprint density at radius 3 is 2.79 bits per heavy atom. The molecular weight excluding hydrogens is 291 g/mol. The van der Waals surface area contributed by atoms with E-state index in [2.05, 4.69) is 4.72 Å². The predicted octanol–water partition coefficient (Wildman–Crippen LogP) is 1.88. The minimum atomic E-state index is -3.74. The molecule has 3 N–H and O–H groups in total. The fraction of sp³-hybridized carbons (Fsp3) is 0.500. The SMILES string of the molecule is NCC1CCCC1NS(=O)(=O)c1ccc(F)cc1Cl. The molecule has 0 saturated heterocycles. The van der Waals surface area contributed by atoms with E-state index in [0.717, 1.165) is 31.4 Å². The largest absolute Gasteiger partial charge is 0.330 e. The topological polar surface area (TPSA) is 72.2 Å². The fourth-order valence-electron chi connectivity index (χ4n) is 2.43. The molecule has 106 valence electrons. The molecule has 0 amide bonds. The number of hydrogen-bond acceptors (Lipinski definition) is 3. The van der Waals surface area contributed by atoms with Crippen molar-refractivity contribution in [1.29, 1.82) is 0 Å². The van der Waals surface area contributed by atoms with Gasteiger partial charge in [0, 0.05) is 6.04 Å². The van der Waals surface area contributed by atoms with Crippen LogP contribution in [0.4, 0.5) is 4.39 Å². The van der Waals surface area contributed by atoms with Crippen molar-refractivity contribution in [3.63, 3.8) is 0 Å². The molecule has 0 aromatic heterocycles. The molecule has 2 rings (SSSR count). The number of benzene rings is 1. The van der Waals surface area contributed by atoms with E-state index in [4.69, 9.17) is 17.3 Å². The van der Waals surface area contributed by atoms with Crippen LogP contribution in [-0.4, -0.2) is 21.0 Å². The molecule has 0 spiro atoms. The van der Waals surface area contributed by atoms with Gasteiger partial charge >= 0.3 is 0 Å². The van der Waals surface area contributed by atoms with E-state index in [0.29, 0.717) is 6.54 Å². The van der Waals surface area contributed by atoms with Crippen molar-refractivity contribution in [1.82, 2.24) is 4.72 Å². The molecule has 1 fully saturated rings. The molecule has 2 unspecified atom stereocenters. The number of nitrogens with two attached hydrogens (primary N) is 1. The Labute approximate surface area is 117 Å². The van der Waals surface area contributed by atoms with Crippen molar-refractivity contribution >= 4 is 21.6 Å². The molecule has 4 nitrogen and oxygen atoms in total. The summed E-state index contributed by atoms with van der Waals surface area (Å²) in [6.45, 7) is 0.449. The number of nitrogens with one attached hydrogen (secondary N) is 1. The Morgan fingerprint density at radius 2 is 2.16 bits per heavy atom. The van der Waals surface area contributed by atoms with Crippen molar-refractivity contribution in [2.75, 3.05) is 6.54 Å². The molecule has 19 heavy (non-hydrogen) atoms. The van der Waals surface area contributed by atoms with Gasteiger partial charge in [-0.25, -0.2) is 17.5 Å². The van der Waals surface area contributed by atoms with Crippen LogP contribution in [0.3, 0.4) is 0 Å². The van der Waals surface area contributed by atoms with Crippen molar-refractivity contribution in [2.45, 2.75) is 30.2 Å². The lowest BCUT2D eigenvalue weighted by Gasteiger charge is -2.19. The van der Waals surface area contributed by atoms with Gasteiger partial charge in [-0.05, 0) is 43.5 Å². The summed E-state index contributed by atoms with van der Waals surface area (Å²) in [4.78, 5) is -0.0989. The maximum absolute atomic E-state index is 12.9. The highest BCUT2D eigenvalue weighted by molar-refractivity contribution is 7.89. The van der Waals surface area contributed by atoms with Gasteiger partial charge < -0.3 is 5.73 Å². The minimum Gasteiger partial charge on any atom is -0.330 e. The van der Waals surface area contributed by atoms with Crippen LogP contribution in [0.25, 0.3) is 0 Å².